The standard InChI is InChI=1S/C25H39N5O/c1-4-27-13-15-29(22-23-9-6-7-12-26-23)16-14-28(5-2)18-20-30(19-17-27)24-10-8-11-25(21-24)31-3/h6-12,21H,4-5,13-20,22H2,1-3H3. The van der Waals surface area contributed by atoms with Crippen molar-refractivity contribution in [1.29, 1.82) is 0 Å². The van der Waals surface area contributed by atoms with Gasteiger partial charge >= 0.3 is 0 Å². The zero-order valence-electron chi connectivity index (χ0n) is 19.5. The van der Waals surface area contributed by atoms with Gasteiger partial charge in [0.15, 0.2) is 0 Å². The van der Waals surface area contributed by atoms with Crippen LogP contribution in [-0.4, -0.2) is 92.2 Å². The van der Waals surface area contributed by atoms with Crippen molar-refractivity contribution in [2.24, 2.45) is 0 Å². The normalized spacial score (nSPS) is 18.4. The van der Waals surface area contributed by atoms with Crippen LogP contribution in [0.3, 0.4) is 0 Å². The zero-order chi connectivity index (χ0) is 21.9. The number of hydrogen-bond acceptors (Lipinski definition) is 6. The van der Waals surface area contributed by atoms with Gasteiger partial charge in [0.1, 0.15) is 5.75 Å². The molecule has 2 aromatic rings. The Labute approximate surface area is 188 Å². The molecule has 0 unspecified atom stereocenters. The number of nitrogens with zero attached hydrogens (tertiary/aromatic N) is 5. The van der Waals surface area contributed by atoms with E-state index in [9.17, 15) is 0 Å². The summed E-state index contributed by atoms with van der Waals surface area (Å²) in [5, 5.41) is 0. The quantitative estimate of drug-likeness (QED) is 0.708. The number of aromatic nitrogens is 1. The maximum Gasteiger partial charge on any atom is 0.120 e. The average molecular weight is 426 g/mol. The maximum absolute atomic E-state index is 5.47. The van der Waals surface area contributed by atoms with Gasteiger partial charge in [-0.1, -0.05) is 26.0 Å². The highest BCUT2D eigenvalue weighted by Gasteiger charge is 2.16. The van der Waals surface area contributed by atoms with Gasteiger partial charge in [0.2, 0.25) is 0 Å². The summed E-state index contributed by atoms with van der Waals surface area (Å²) in [5.74, 6) is 0.925. The molecule has 6 heteroatoms. The first-order chi connectivity index (χ1) is 15.2. The molecule has 0 N–H and O–H groups in total. The van der Waals surface area contributed by atoms with Crippen molar-refractivity contribution < 1.29 is 4.74 Å². The van der Waals surface area contributed by atoms with Crippen LogP contribution in [0.25, 0.3) is 0 Å². The number of likely N-dealkylation sites (N-methyl/N-ethyl adjacent to an activating group) is 2. The van der Waals surface area contributed by atoms with Crippen LogP contribution in [0.15, 0.2) is 48.7 Å². The van der Waals surface area contributed by atoms with Crippen LogP contribution in [0.1, 0.15) is 19.5 Å². The van der Waals surface area contributed by atoms with Gasteiger partial charge in [-0.3, -0.25) is 9.88 Å². The highest BCUT2D eigenvalue weighted by molar-refractivity contribution is 5.50. The van der Waals surface area contributed by atoms with Crippen molar-refractivity contribution in [3.8, 4) is 5.75 Å². The Hall–Kier alpha value is -2.15. The van der Waals surface area contributed by atoms with Crippen molar-refractivity contribution in [1.82, 2.24) is 19.7 Å². The van der Waals surface area contributed by atoms with Crippen LogP contribution < -0.4 is 9.64 Å². The van der Waals surface area contributed by atoms with Crippen LogP contribution in [0, 0.1) is 0 Å². The van der Waals surface area contributed by atoms with Crippen molar-refractivity contribution in [2.45, 2.75) is 20.4 Å². The Morgan fingerprint density at radius 3 is 2.00 bits per heavy atom. The van der Waals surface area contributed by atoms with Crippen LogP contribution in [0.2, 0.25) is 0 Å². The molecule has 31 heavy (non-hydrogen) atoms. The van der Waals surface area contributed by atoms with Crippen molar-refractivity contribution in [3.63, 3.8) is 0 Å². The van der Waals surface area contributed by atoms with Gasteiger partial charge in [0.25, 0.3) is 0 Å². The number of methoxy groups -OCH3 is 1. The van der Waals surface area contributed by atoms with Gasteiger partial charge in [0.05, 0.1) is 12.8 Å². The Morgan fingerprint density at radius 1 is 0.774 bits per heavy atom. The smallest absolute Gasteiger partial charge is 0.120 e. The second kappa shape index (κ2) is 12.6. The Balaban J connectivity index is 1.70. The minimum atomic E-state index is 0.923. The van der Waals surface area contributed by atoms with Crippen LogP contribution in [0.5, 0.6) is 5.75 Å². The molecule has 1 aromatic carbocycles. The van der Waals surface area contributed by atoms with Crippen LogP contribution >= 0.6 is 0 Å². The summed E-state index contributed by atoms with van der Waals surface area (Å²) in [6.07, 6.45) is 1.90. The lowest BCUT2D eigenvalue weighted by Crippen LogP contribution is -2.45. The fourth-order valence-electron chi connectivity index (χ4n) is 4.11. The summed E-state index contributed by atoms with van der Waals surface area (Å²) in [5.41, 5.74) is 2.41. The monoisotopic (exact) mass is 425 g/mol. The Kier molecular flexibility index (Phi) is 9.59. The molecule has 1 fully saturated rings. The first kappa shape index (κ1) is 23.5. The van der Waals surface area contributed by atoms with E-state index in [1.54, 1.807) is 7.11 Å². The zero-order valence-corrected chi connectivity index (χ0v) is 19.5. The largest absolute Gasteiger partial charge is 0.497 e. The van der Waals surface area contributed by atoms with Gasteiger partial charge in [-0.2, -0.15) is 0 Å². The van der Waals surface area contributed by atoms with E-state index < -0.39 is 0 Å². The van der Waals surface area contributed by atoms with Gasteiger partial charge in [-0.05, 0) is 37.4 Å². The summed E-state index contributed by atoms with van der Waals surface area (Å²) in [4.78, 5) is 14.8. The highest BCUT2D eigenvalue weighted by atomic mass is 16.5. The third-order valence-corrected chi connectivity index (χ3v) is 6.26. The predicted molar refractivity (Wildman–Crippen MR) is 129 cm³/mol. The molecule has 0 aliphatic carbocycles. The SMILES string of the molecule is CCN1CCN(Cc2ccccn2)CCN(CC)CCN(c2cccc(OC)c2)CC1. The van der Waals surface area contributed by atoms with E-state index in [1.807, 2.05) is 18.3 Å². The second-order valence-electron chi connectivity index (χ2n) is 8.15. The molecular weight excluding hydrogens is 386 g/mol. The number of anilines is 1. The molecule has 1 aliphatic rings. The van der Waals surface area contributed by atoms with E-state index in [0.29, 0.717) is 0 Å². The molecule has 1 aliphatic heterocycles. The highest BCUT2D eigenvalue weighted by Crippen LogP contribution is 2.21. The third kappa shape index (κ3) is 7.49. The molecule has 0 atom stereocenters. The van der Waals surface area contributed by atoms with E-state index in [2.05, 4.69) is 68.8 Å². The fraction of sp³-hybridized carbons (Fsp3) is 0.560. The molecule has 1 saturated heterocycles. The second-order valence-corrected chi connectivity index (χ2v) is 8.15. The van der Waals surface area contributed by atoms with E-state index in [4.69, 9.17) is 4.74 Å². The molecule has 0 spiro atoms. The van der Waals surface area contributed by atoms with Crippen LogP contribution in [0.4, 0.5) is 5.69 Å². The minimum Gasteiger partial charge on any atom is -0.497 e. The summed E-state index contributed by atoms with van der Waals surface area (Å²) >= 11 is 0. The van der Waals surface area contributed by atoms with E-state index in [-0.39, 0.29) is 0 Å². The first-order valence-corrected chi connectivity index (χ1v) is 11.7. The molecule has 170 valence electrons. The number of benzene rings is 1. The number of ether oxygens (including phenoxy) is 1. The molecule has 2 heterocycles. The summed E-state index contributed by atoms with van der Waals surface area (Å²) in [6.45, 7) is 16.1. The minimum absolute atomic E-state index is 0.923. The van der Waals surface area contributed by atoms with Crippen molar-refractivity contribution in [3.05, 3.63) is 54.4 Å². The molecule has 1 aromatic heterocycles. The van der Waals surface area contributed by atoms with Gasteiger partial charge in [0, 0.05) is 76.9 Å². The first-order valence-electron chi connectivity index (χ1n) is 11.7. The van der Waals surface area contributed by atoms with Gasteiger partial charge < -0.3 is 19.4 Å². The van der Waals surface area contributed by atoms with E-state index in [0.717, 1.165) is 83.4 Å². The molecule has 0 saturated carbocycles. The lowest BCUT2D eigenvalue weighted by atomic mass is 10.2. The molecular formula is C25H39N5O. The summed E-state index contributed by atoms with van der Waals surface area (Å²) in [7, 11) is 1.74. The molecule has 0 radical (unpaired) electrons. The van der Waals surface area contributed by atoms with Crippen LogP contribution in [-0.2, 0) is 6.54 Å². The number of hydrogen-bond donors (Lipinski definition) is 0. The van der Waals surface area contributed by atoms with Gasteiger partial charge in [-0.15, -0.1) is 0 Å². The Bertz CT molecular complexity index is 737. The maximum atomic E-state index is 5.47. The lowest BCUT2D eigenvalue weighted by molar-refractivity contribution is 0.171. The molecule has 0 bridgehead atoms. The molecule has 6 nitrogen and oxygen atoms in total. The number of pyridine rings is 1. The fourth-order valence-corrected chi connectivity index (χ4v) is 4.11. The van der Waals surface area contributed by atoms with E-state index in [1.165, 1.54) is 5.69 Å². The molecule has 0 amide bonds. The predicted octanol–water partition coefficient (Wildman–Crippen LogP) is 3.06. The molecule has 3 rings (SSSR count). The number of rotatable bonds is 6. The topological polar surface area (TPSA) is 35.1 Å². The lowest BCUT2D eigenvalue weighted by Gasteiger charge is -2.34. The van der Waals surface area contributed by atoms with E-state index >= 15 is 0 Å². The Morgan fingerprint density at radius 2 is 1.42 bits per heavy atom. The summed E-state index contributed by atoms with van der Waals surface area (Å²) in [6, 6.07) is 14.7. The third-order valence-electron chi connectivity index (χ3n) is 6.26. The van der Waals surface area contributed by atoms with Crippen molar-refractivity contribution >= 4 is 5.69 Å². The summed E-state index contributed by atoms with van der Waals surface area (Å²) < 4.78 is 5.47. The van der Waals surface area contributed by atoms with Crippen molar-refractivity contribution in [2.75, 3.05) is 77.5 Å². The van der Waals surface area contributed by atoms with Gasteiger partial charge in [-0.25, -0.2) is 0 Å². The average Bonchev–Trinajstić information content (AvgIpc) is 2.82.